The lowest BCUT2D eigenvalue weighted by atomic mass is 9.90. The van der Waals surface area contributed by atoms with Crippen LogP contribution in [0.15, 0.2) is 12.1 Å². The van der Waals surface area contributed by atoms with Gasteiger partial charge in [-0.2, -0.15) is 0 Å². The normalized spacial score (nSPS) is 16.6. The van der Waals surface area contributed by atoms with Gasteiger partial charge in [-0.15, -0.1) is 0 Å². The van der Waals surface area contributed by atoms with E-state index in [9.17, 15) is 4.39 Å². The van der Waals surface area contributed by atoms with Crippen molar-refractivity contribution in [1.29, 1.82) is 0 Å². The van der Waals surface area contributed by atoms with Crippen LogP contribution in [0.3, 0.4) is 0 Å². The topological polar surface area (TPSA) is 30.5 Å². The molecule has 0 saturated carbocycles. The fraction of sp³-hybridized carbons (Fsp3) is 0.600. The summed E-state index contributed by atoms with van der Waals surface area (Å²) in [6.45, 7) is 2.38. The highest BCUT2D eigenvalue weighted by molar-refractivity contribution is 5.42. The number of hydrogen-bond donors (Lipinski definition) is 1. The van der Waals surface area contributed by atoms with E-state index in [0.717, 1.165) is 25.1 Å². The van der Waals surface area contributed by atoms with Gasteiger partial charge in [-0.3, -0.25) is 0 Å². The molecule has 1 fully saturated rings. The predicted octanol–water partition coefficient (Wildman–Crippen LogP) is 2.52. The highest BCUT2D eigenvalue weighted by atomic mass is 19.1. The van der Waals surface area contributed by atoms with Crippen LogP contribution in [0.5, 0.6) is 5.75 Å². The lowest BCUT2D eigenvalue weighted by molar-refractivity contribution is 0.177. The number of benzene rings is 1. The number of hydrogen-bond acceptors (Lipinski definition) is 3. The molecule has 0 bridgehead atoms. The van der Waals surface area contributed by atoms with E-state index in [1.165, 1.54) is 18.9 Å². The van der Waals surface area contributed by atoms with E-state index in [2.05, 4.69) is 5.32 Å². The van der Waals surface area contributed by atoms with Gasteiger partial charge >= 0.3 is 0 Å². The van der Waals surface area contributed by atoms with Gasteiger partial charge in [0.05, 0.1) is 19.3 Å². The van der Waals surface area contributed by atoms with Gasteiger partial charge < -0.3 is 14.8 Å². The average Bonchev–Trinajstić information content (AvgIpc) is 2.44. The fourth-order valence-corrected chi connectivity index (χ4v) is 2.74. The summed E-state index contributed by atoms with van der Waals surface area (Å²) < 4.78 is 24.3. The Morgan fingerprint density at radius 3 is 2.63 bits per heavy atom. The van der Waals surface area contributed by atoms with Crippen molar-refractivity contribution in [3.63, 3.8) is 0 Å². The lowest BCUT2D eigenvalue weighted by Crippen LogP contribution is -2.28. The standard InChI is InChI=1S/C15H22FNO2/c1-18-10-13-14(16)4-3-12(15(13)19-2)9-11-5-7-17-8-6-11/h3-4,11,17H,5-10H2,1-2H3. The van der Waals surface area contributed by atoms with Crippen LogP contribution in [0.2, 0.25) is 0 Å². The minimum atomic E-state index is -0.257. The minimum Gasteiger partial charge on any atom is -0.496 e. The maximum atomic E-state index is 13.8. The van der Waals surface area contributed by atoms with E-state index in [1.54, 1.807) is 14.2 Å². The molecule has 0 atom stereocenters. The molecule has 3 nitrogen and oxygen atoms in total. The zero-order chi connectivity index (χ0) is 13.7. The van der Waals surface area contributed by atoms with E-state index in [4.69, 9.17) is 9.47 Å². The minimum absolute atomic E-state index is 0.245. The van der Waals surface area contributed by atoms with Gasteiger partial charge in [-0.25, -0.2) is 4.39 Å². The molecular weight excluding hydrogens is 245 g/mol. The van der Waals surface area contributed by atoms with E-state index in [0.29, 0.717) is 17.2 Å². The molecule has 2 rings (SSSR count). The SMILES string of the molecule is COCc1c(F)ccc(CC2CCNCC2)c1OC. The molecule has 106 valence electrons. The van der Waals surface area contributed by atoms with E-state index in [-0.39, 0.29) is 12.4 Å². The Bertz CT molecular complexity index is 417. The molecule has 1 N–H and O–H groups in total. The molecule has 1 aromatic rings. The molecule has 19 heavy (non-hydrogen) atoms. The second kappa shape index (κ2) is 6.87. The molecule has 0 spiro atoms. The maximum Gasteiger partial charge on any atom is 0.132 e. The Hall–Kier alpha value is -1.13. The molecule has 1 aromatic carbocycles. The van der Waals surface area contributed by atoms with Crippen LogP contribution < -0.4 is 10.1 Å². The van der Waals surface area contributed by atoms with E-state index >= 15 is 0 Å². The average molecular weight is 267 g/mol. The molecule has 1 aliphatic rings. The van der Waals surface area contributed by atoms with Gasteiger partial charge in [0.1, 0.15) is 11.6 Å². The van der Waals surface area contributed by atoms with E-state index < -0.39 is 0 Å². The van der Waals surface area contributed by atoms with Crippen LogP contribution >= 0.6 is 0 Å². The Balaban J connectivity index is 2.21. The van der Waals surface area contributed by atoms with Crippen molar-refractivity contribution >= 4 is 0 Å². The first-order chi connectivity index (χ1) is 9.26. The first-order valence-electron chi connectivity index (χ1n) is 6.80. The quantitative estimate of drug-likeness (QED) is 0.889. The summed E-state index contributed by atoms with van der Waals surface area (Å²) in [7, 11) is 3.16. The molecule has 1 saturated heterocycles. The van der Waals surface area contributed by atoms with Gasteiger partial charge in [0.15, 0.2) is 0 Å². The van der Waals surface area contributed by atoms with Gasteiger partial charge in [-0.05, 0) is 49.9 Å². The Kier molecular flexibility index (Phi) is 5.16. The summed E-state index contributed by atoms with van der Waals surface area (Å²) in [5.74, 6) is 1.05. The number of methoxy groups -OCH3 is 2. The molecule has 1 aliphatic heterocycles. The van der Waals surface area contributed by atoms with Crippen molar-refractivity contribution in [3.8, 4) is 5.75 Å². The predicted molar refractivity (Wildman–Crippen MR) is 73.0 cm³/mol. The van der Waals surface area contributed by atoms with Gasteiger partial charge in [0.25, 0.3) is 0 Å². The second-order valence-electron chi connectivity index (χ2n) is 5.05. The van der Waals surface area contributed by atoms with Crippen molar-refractivity contribution in [2.75, 3.05) is 27.3 Å². The van der Waals surface area contributed by atoms with Gasteiger partial charge in [0.2, 0.25) is 0 Å². The zero-order valence-corrected chi connectivity index (χ0v) is 11.7. The van der Waals surface area contributed by atoms with Crippen molar-refractivity contribution in [2.45, 2.75) is 25.9 Å². The van der Waals surface area contributed by atoms with Crippen LogP contribution in [-0.2, 0) is 17.8 Å². The molecular formula is C15H22FNO2. The van der Waals surface area contributed by atoms with Crippen molar-refractivity contribution in [2.24, 2.45) is 5.92 Å². The fourth-order valence-electron chi connectivity index (χ4n) is 2.74. The van der Waals surface area contributed by atoms with Crippen molar-refractivity contribution < 1.29 is 13.9 Å². The van der Waals surface area contributed by atoms with Crippen LogP contribution in [0.25, 0.3) is 0 Å². The molecule has 0 amide bonds. The number of nitrogens with one attached hydrogen (secondary N) is 1. The summed E-state index contributed by atoms with van der Waals surface area (Å²) in [6.07, 6.45) is 3.28. The van der Waals surface area contributed by atoms with Crippen molar-refractivity contribution in [1.82, 2.24) is 5.32 Å². The molecule has 0 radical (unpaired) electrons. The number of halogens is 1. The third-order valence-corrected chi connectivity index (χ3v) is 3.74. The third kappa shape index (κ3) is 3.45. The molecule has 0 aromatic heterocycles. The van der Waals surface area contributed by atoms with E-state index in [1.807, 2.05) is 6.07 Å². The lowest BCUT2D eigenvalue weighted by Gasteiger charge is -2.24. The summed E-state index contributed by atoms with van der Waals surface area (Å²) in [6, 6.07) is 3.36. The highest BCUT2D eigenvalue weighted by Crippen LogP contribution is 2.30. The van der Waals surface area contributed by atoms with Crippen LogP contribution in [0, 0.1) is 11.7 Å². The first kappa shape index (κ1) is 14.3. The van der Waals surface area contributed by atoms with Crippen LogP contribution in [-0.4, -0.2) is 27.3 Å². The summed E-state index contributed by atoms with van der Waals surface area (Å²) >= 11 is 0. The molecule has 1 heterocycles. The largest absolute Gasteiger partial charge is 0.496 e. The Labute approximate surface area is 114 Å². The summed E-state index contributed by atoms with van der Waals surface area (Å²) in [5, 5.41) is 3.36. The van der Waals surface area contributed by atoms with Crippen LogP contribution in [0.1, 0.15) is 24.0 Å². The Morgan fingerprint density at radius 2 is 2.00 bits per heavy atom. The summed E-state index contributed by atoms with van der Waals surface area (Å²) in [5.41, 5.74) is 1.61. The van der Waals surface area contributed by atoms with Crippen molar-refractivity contribution in [3.05, 3.63) is 29.1 Å². The second-order valence-corrected chi connectivity index (χ2v) is 5.05. The zero-order valence-electron chi connectivity index (χ0n) is 11.7. The molecule has 4 heteroatoms. The molecule has 0 unspecified atom stereocenters. The molecule has 0 aliphatic carbocycles. The number of ether oxygens (including phenoxy) is 2. The summed E-state index contributed by atoms with van der Waals surface area (Å²) in [4.78, 5) is 0. The van der Waals surface area contributed by atoms with Crippen LogP contribution in [0.4, 0.5) is 4.39 Å². The van der Waals surface area contributed by atoms with Gasteiger partial charge in [0, 0.05) is 7.11 Å². The first-order valence-corrected chi connectivity index (χ1v) is 6.80. The Morgan fingerprint density at radius 1 is 1.26 bits per heavy atom. The number of piperidine rings is 1. The number of rotatable bonds is 5. The van der Waals surface area contributed by atoms with Gasteiger partial charge in [-0.1, -0.05) is 6.07 Å². The smallest absolute Gasteiger partial charge is 0.132 e. The third-order valence-electron chi connectivity index (χ3n) is 3.74. The monoisotopic (exact) mass is 267 g/mol. The highest BCUT2D eigenvalue weighted by Gasteiger charge is 2.19. The maximum absolute atomic E-state index is 13.8.